The van der Waals surface area contributed by atoms with Crippen molar-refractivity contribution in [1.82, 2.24) is 5.32 Å². The second kappa shape index (κ2) is 6.16. The minimum Gasteiger partial charge on any atom is -0.309 e. The van der Waals surface area contributed by atoms with E-state index < -0.39 is 0 Å². The number of hydrogen-bond acceptors (Lipinski definition) is 1. The Labute approximate surface area is 139 Å². The molecule has 1 N–H and O–H groups in total. The molecule has 1 nitrogen and oxygen atoms in total. The van der Waals surface area contributed by atoms with Crippen LogP contribution in [0.5, 0.6) is 0 Å². The summed E-state index contributed by atoms with van der Waals surface area (Å²) in [5.74, 6) is 0. The highest BCUT2D eigenvalue weighted by atomic mass is 127. The van der Waals surface area contributed by atoms with Gasteiger partial charge in [-0.25, -0.2) is 0 Å². The Balaban J connectivity index is 2.11. The van der Waals surface area contributed by atoms with Crippen LogP contribution in [-0.4, -0.2) is 7.05 Å². The second-order valence-corrected chi connectivity index (χ2v) is 6.39. The molecule has 106 valence electrons. The minimum atomic E-state index is 0.224. The smallest absolute Gasteiger partial charge is 0.0585 e. The standard InChI is InChI=1S/C19H18IN/c1-13-6-5-9-17(18(13)20)19(21-2)16-11-10-14-7-3-4-8-15(14)12-16/h3-12,19,21H,1-2H3. The van der Waals surface area contributed by atoms with Crippen molar-refractivity contribution in [2.75, 3.05) is 7.05 Å². The number of rotatable bonds is 3. The van der Waals surface area contributed by atoms with Gasteiger partial charge in [0.1, 0.15) is 0 Å². The van der Waals surface area contributed by atoms with Crippen LogP contribution in [0.25, 0.3) is 10.8 Å². The van der Waals surface area contributed by atoms with Gasteiger partial charge in [0.05, 0.1) is 6.04 Å². The van der Waals surface area contributed by atoms with Gasteiger partial charge in [0, 0.05) is 3.57 Å². The lowest BCUT2D eigenvalue weighted by atomic mass is 9.95. The van der Waals surface area contributed by atoms with E-state index in [0.29, 0.717) is 0 Å². The average Bonchev–Trinajstić information content (AvgIpc) is 2.52. The van der Waals surface area contributed by atoms with Gasteiger partial charge >= 0.3 is 0 Å². The van der Waals surface area contributed by atoms with Gasteiger partial charge in [-0.1, -0.05) is 54.6 Å². The average molecular weight is 387 g/mol. The lowest BCUT2D eigenvalue weighted by Gasteiger charge is -2.20. The largest absolute Gasteiger partial charge is 0.309 e. The monoisotopic (exact) mass is 387 g/mol. The molecule has 3 rings (SSSR count). The van der Waals surface area contributed by atoms with E-state index in [-0.39, 0.29) is 6.04 Å². The molecule has 1 atom stereocenters. The molecule has 2 heteroatoms. The third-order valence-corrected chi connectivity index (χ3v) is 5.40. The molecule has 0 saturated carbocycles. The Bertz CT molecular complexity index is 779. The van der Waals surface area contributed by atoms with E-state index in [9.17, 15) is 0 Å². The van der Waals surface area contributed by atoms with Crippen LogP contribution in [0.1, 0.15) is 22.7 Å². The molecule has 0 fully saturated rings. The molecule has 0 radical (unpaired) electrons. The maximum Gasteiger partial charge on any atom is 0.0585 e. The molecular weight excluding hydrogens is 369 g/mol. The van der Waals surface area contributed by atoms with Crippen LogP contribution >= 0.6 is 22.6 Å². The lowest BCUT2D eigenvalue weighted by Crippen LogP contribution is -2.19. The van der Waals surface area contributed by atoms with Crippen LogP contribution in [0.4, 0.5) is 0 Å². The van der Waals surface area contributed by atoms with Crippen LogP contribution in [0, 0.1) is 10.5 Å². The predicted octanol–water partition coefficient (Wildman–Crippen LogP) is 5.06. The zero-order chi connectivity index (χ0) is 14.8. The SMILES string of the molecule is CNC(c1ccc2ccccc2c1)c1cccc(C)c1I. The van der Waals surface area contributed by atoms with Gasteiger partial charge in [0.15, 0.2) is 0 Å². The third kappa shape index (κ3) is 2.83. The zero-order valence-electron chi connectivity index (χ0n) is 12.2. The first kappa shape index (κ1) is 14.5. The Morgan fingerprint density at radius 2 is 1.67 bits per heavy atom. The maximum atomic E-state index is 3.46. The van der Waals surface area contributed by atoms with Crippen LogP contribution < -0.4 is 5.32 Å². The van der Waals surface area contributed by atoms with E-state index in [1.54, 1.807) is 0 Å². The molecule has 0 aromatic heterocycles. The summed E-state index contributed by atoms with van der Waals surface area (Å²) in [6.07, 6.45) is 0. The van der Waals surface area contributed by atoms with Gasteiger partial charge in [-0.2, -0.15) is 0 Å². The molecule has 0 saturated heterocycles. The van der Waals surface area contributed by atoms with Crippen molar-refractivity contribution in [2.45, 2.75) is 13.0 Å². The molecule has 0 amide bonds. The summed E-state index contributed by atoms with van der Waals surface area (Å²) in [5, 5.41) is 6.04. The molecule has 21 heavy (non-hydrogen) atoms. The first-order valence-corrected chi connectivity index (χ1v) is 8.19. The summed E-state index contributed by atoms with van der Waals surface area (Å²) in [5.41, 5.74) is 3.97. The maximum absolute atomic E-state index is 3.46. The molecule has 1 unspecified atom stereocenters. The summed E-state index contributed by atoms with van der Waals surface area (Å²) < 4.78 is 1.34. The zero-order valence-corrected chi connectivity index (χ0v) is 14.4. The Kier molecular flexibility index (Phi) is 4.27. The highest BCUT2D eigenvalue weighted by molar-refractivity contribution is 14.1. The summed E-state index contributed by atoms with van der Waals surface area (Å²) in [7, 11) is 2.03. The van der Waals surface area contributed by atoms with Gasteiger partial charge in [-0.3, -0.25) is 0 Å². The highest BCUT2D eigenvalue weighted by Crippen LogP contribution is 2.29. The fourth-order valence-corrected chi connectivity index (χ4v) is 3.45. The van der Waals surface area contributed by atoms with Crippen molar-refractivity contribution in [3.8, 4) is 0 Å². The van der Waals surface area contributed by atoms with E-state index in [0.717, 1.165) is 0 Å². The minimum absolute atomic E-state index is 0.224. The van der Waals surface area contributed by atoms with Gasteiger partial charge in [-0.15, -0.1) is 0 Å². The first-order valence-electron chi connectivity index (χ1n) is 7.11. The first-order chi connectivity index (χ1) is 10.2. The highest BCUT2D eigenvalue weighted by Gasteiger charge is 2.16. The quantitative estimate of drug-likeness (QED) is 0.620. The molecule has 0 aliphatic rings. The third-order valence-electron chi connectivity index (χ3n) is 3.93. The molecule has 0 aliphatic carbocycles. The topological polar surface area (TPSA) is 12.0 Å². The van der Waals surface area contributed by atoms with Crippen molar-refractivity contribution in [2.24, 2.45) is 0 Å². The van der Waals surface area contributed by atoms with Gasteiger partial charge in [0.25, 0.3) is 0 Å². The number of fused-ring (bicyclic) bond motifs is 1. The van der Waals surface area contributed by atoms with E-state index in [4.69, 9.17) is 0 Å². The number of aryl methyl sites for hydroxylation is 1. The van der Waals surface area contributed by atoms with Gasteiger partial charge in [0.2, 0.25) is 0 Å². The van der Waals surface area contributed by atoms with Crippen LogP contribution in [0.15, 0.2) is 60.7 Å². The molecular formula is C19H18IN. The Morgan fingerprint density at radius 3 is 2.43 bits per heavy atom. The molecule has 0 heterocycles. The van der Waals surface area contributed by atoms with Crippen LogP contribution in [0.3, 0.4) is 0 Å². The van der Waals surface area contributed by atoms with E-state index in [2.05, 4.69) is 95.5 Å². The molecule has 0 aliphatic heterocycles. The van der Waals surface area contributed by atoms with Crippen molar-refractivity contribution in [1.29, 1.82) is 0 Å². The van der Waals surface area contributed by atoms with Crippen molar-refractivity contribution < 1.29 is 0 Å². The number of halogens is 1. The van der Waals surface area contributed by atoms with E-state index in [1.165, 1.54) is 31.0 Å². The lowest BCUT2D eigenvalue weighted by molar-refractivity contribution is 0.688. The summed E-state index contributed by atoms with van der Waals surface area (Å²) in [6, 6.07) is 22.0. The summed E-state index contributed by atoms with van der Waals surface area (Å²) in [6.45, 7) is 2.17. The van der Waals surface area contributed by atoms with Crippen molar-refractivity contribution in [3.63, 3.8) is 0 Å². The van der Waals surface area contributed by atoms with E-state index >= 15 is 0 Å². The molecule has 0 bridgehead atoms. The van der Waals surface area contributed by atoms with Crippen LogP contribution in [-0.2, 0) is 0 Å². The molecule has 3 aromatic carbocycles. The van der Waals surface area contributed by atoms with E-state index in [1.807, 2.05) is 7.05 Å². The summed E-state index contributed by atoms with van der Waals surface area (Å²) in [4.78, 5) is 0. The number of benzene rings is 3. The molecule has 0 spiro atoms. The van der Waals surface area contributed by atoms with Crippen molar-refractivity contribution in [3.05, 3.63) is 80.9 Å². The Morgan fingerprint density at radius 1 is 0.905 bits per heavy atom. The Hall–Kier alpha value is -1.39. The molecule has 3 aromatic rings. The number of hydrogen-bond donors (Lipinski definition) is 1. The summed E-state index contributed by atoms with van der Waals surface area (Å²) >= 11 is 2.45. The van der Waals surface area contributed by atoms with Crippen molar-refractivity contribution >= 4 is 33.4 Å². The van der Waals surface area contributed by atoms with Crippen LogP contribution in [0.2, 0.25) is 0 Å². The van der Waals surface area contributed by atoms with Gasteiger partial charge in [-0.05, 0) is 70.1 Å². The fourth-order valence-electron chi connectivity index (χ4n) is 2.78. The second-order valence-electron chi connectivity index (χ2n) is 5.31. The number of nitrogens with one attached hydrogen (secondary N) is 1. The van der Waals surface area contributed by atoms with Gasteiger partial charge < -0.3 is 5.32 Å². The fraction of sp³-hybridized carbons (Fsp3) is 0.158. The normalized spacial score (nSPS) is 12.5. The predicted molar refractivity (Wildman–Crippen MR) is 98.7 cm³/mol.